The summed E-state index contributed by atoms with van der Waals surface area (Å²) >= 11 is 1.69. The van der Waals surface area contributed by atoms with Crippen molar-refractivity contribution < 1.29 is 9.53 Å². The lowest BCUT2D eigenvalue weighted by atomic mass is 9.86. The maximum absolute atomic E-state index is 12.6. The number of ether oxygens (including phenoxy) is 1. The third-order valence-corrected chi connectivity index (χ3v) is 6.27. The fourth-order valence-corrected chi connectivity index (χ4v) is 4.52. The quantitative estimate of drug-likeness (QED) is 0.511. The molecule has 1 amide bonds. The molecule has 150 valence electrons. The molecule has 2 aromatic carbocycles. The molecular weight excluding hydrogens is 366 g/mol. The van der Waals surface area contributed by atoms with Crippen molar-refractivity contribution in [2.45, 2.75) is 57.7 Å². The number of benzene rings is 2. The number of hydrogen-bond donors (Lipinski definition) is 0. The van der Waals surface area contributed by atoms with Crippen LogP contribution in [-0.4, -0.2) is 18.3 Å². The van der Waals surface area contributed by atoms with Crippen molar-refractivity contribution in [3.8, 4) is 5.75 Å². The molecule has 1 saturated heterocycles. The first-order valence-electron chi connectivity index (χ1n) is 10.2. The van der Waals surface area contributed by atoms with Crippen LogP contribution in [0.15, 0.2) is 48.5 Å². The van der Waals surface area contributed by atoms with Crippen LogP contribution in [0, 0.1) is 0 Å². The number of anilines is 1. The summed E-state index contributed by atoms with van der Waals surface area (Å²) in [5.74, 6) is 1.54. The van der Waals surface area contributed by atoms with E-state index in [1.54, 1.807) is 11.8 Å². The minimum absolute atomic E-state index is 0.0258. The molecule has 0 N–H and O–H groups in total. The molecule has 3 rings (SSSR count). The Morgan fingerprint density at radius 1 is 1.04 bits per heavy atom. The second-order valence-corrected chi connectivity index (χ2v) is 9.42. The lowest BCUT2D eigenvalue weighted by Gasteiger charge is -2.26. The second kappa shape index (κ2) is 9.04. The van der Waals surface area contributed by atoms with E-state index >= 15 is 0 Å². The predicted molar refractivity (Wildman–Crippen MR) is 119 cm³/mol. The first-order valence-corrected chi connectivity index (χ1v) is 11.2. The molecule has 0 aliphatic carbocycles. The summed E-state index contributed by atoms with van der Waals surface area (Å²) in [5.41, 5.74) is 3.54. The summed E-state index contributed by atoms with van der Waals surface area (Å²) in [4.78, 5) is 14.5. The zero-order chi connectivity index (χ0) is 20.1. The van der Waals surface area contributed by atoms with E-state index in [-0.39, 0.29) is 16.7 Å². The summed E-state index contributed by atoms with van der Waals surface area (Å²) in [6, 6.07) is 16.6. The van der Waals surface area contributed by atoms with Gasteiger partial charge in [0.2, 0.25) is 5.91 Å². The Kier molecular flexibility index (Phi) is 6.71. The van der Waals surface area contributed by atoms with E-state index in [1.165, 1.54) is 24.0 Å². The molecular formula is C24H31NO2S. The Hall–Kier alpha value is -1.94. The Labute approximate surface area is 173 Å². The van der Waals surface area contributed by atoms with E-state index in [2.05, 4.69) is 52.0 Å². The standard InChI is InChI=1S/C24H31NO2S/c1-5-6-7-16-27-21-14-12-20(13-15-21)25-22(26)17-28-23(25)18-8-10-19(11-9-18)24(2,3)4/h8-15,23H,5-7,16-17H2,1-4H3. The van der Waals surface area contributed by atoms with Crippen molar-refractivity contribution in [3.63, 3.8) is 0 Å². The normalized spacial score (nSPS) is 17.2. The summed E-state index contributed by atoms with van der Waals surface area (Å²) in [6.45, 7) is 9.58. The monoisotopic (exact) mass is 397 g/mol. The highest BCUT2D eigenvalue weighted by atomic mass is 32.2. The number of nitrogens with zero attached hydrogens (tertiary/aromatic N) is 1. The van der Waals surface area contributed by atoms with Gasteiger partial charge < -0.3 is 4.74 Å². The van der Waals surface area contributed by atoms with Crippen LogP contribution < -0.4 is 9.64 Å². The highest BCUT2D eigenvalue weighted by Gasteiger charge is 2.34. The topological polar surface area (TPSA) is 29.5 Å². The number of rotatable bonds is 7. The van der Waals surface area contributed by atoms with Crippen molar-refractivity contribution in [1.82, 2.24) is 0 Å². The van der Waals surface area contributed by atoms with Crippen molar-refractivity contribution in [2.75, 3.05) is 17.3 Å². The second-order valence-electron chi connectivity index (χ2n) is 8.35. The van der Waals surface area contributed by atoms with Crippen LogP contribution in [0.25, 0.3) is 0 Å². The fraction of sp³-hybridized carbons (Fsp3) is 0.458. The molecule has 2 aromatic rings. The van der Waals surface area contributed by atoms with Crippen LogP contribution in [0.1, 0.15) is 63.5 Å². The largest absolute Gasteiger partial charge is 0.494 e. The molecule has 0 bridgehead atoms. The molecule has 0 spiro atoms. The van der Waals surface area contributed by atoms with Gasteiger partial charge in [0.05, 0.1) is 12.4 Å². The summed E-state index contributed by atoms with van der Waals surface area (Å²) in [6.07, 6.45) is 3.45. The Morgan fingerprint density at radius 2 is 1.71 bits per heavy atom. The molecule has 3 nitrogen and oxygen atoms in total. The van der Waals surface area contributed by atoms with Crippen molar-refractivity contribution >= 4 is 23.4 Å². The SMILES string of the molecule is CCCCCOc1ccc(N2C(=O)CSC2c2ccc(C(C)(C)C)cc2)cc1. The van der Waals surface area contributed by atoms with Crippen molar-refractivity contribution in [2.24, 2.45) is 0 Å². The van der Waals surface area contributed by atoms with Gasteiger partial charge in [0, 0.05) is 5.69 Å². The summed E-state index contributed by atoms with van der Waals surface area (Å²) in [5, 5.41) is 0.0258. The third kappa shape index (κ3) is 4.91. The smallest absolute Gasteiger partial charge is 0.238 e. The van der Waals surface area contributed by atoms with Crippen LogP contribution in [-0.2, 0) is 10.2 Å². The van der Waals surface area contributed by atoms with Gasteiger partial charge in [-0.15, -0.1) is 11.8 Å². The Balaban J connectivity index is 1.73. The highest BCUT2D eigenvalue weighted by Crippen LogP contribution is 2.42. The fourth-order valence-electron chi connectivity index (χ4n) is 3.34. The van der Waals surface area contributed by atoms with Gasteiger partial charge in [-0.2, -0.15) is 0 Å². The van der Waals surface area contributed by atoms with E-state index in [9.17, 15) is 4.79 Å². The molecule has 1 heterocycles. The molecule has 28 heavy (non-hydrogen) atoms. The van der Waals surface area contributed by atoms with Crippen LogP contribution in [0.3, 0.4) is 0 Å². The summed E-state index contributed by atoms with van der Waals surface area (Å²) < 4.78 is 5.80. The molecule has 1 unspecified atom stereocenters. The zero-order valence-electron chi connectivity index (χ0n) is 17.4. The molecule has 1 fully saturated rings. The highest BCUT2D eigenvalue weighted by molar-refractivity contribution is 8.00. The number of thioether (sulfide) groups is 1. The molecule has 4 heteroatoms. The minimum Gasteiger partial charge on any atom is -0.494 e. The van der Waals surface area contributed by atoms with Gasteiger partial charge in [0.15, 0.2) is 0 Å². The van der Waals surface area contributed by atoms with E-state index in [1.807, 2.05) is 29.2 Å². The van der Waals surface area contributed by atoms with Gasteiger partial charge in [-0.1, -0.05) is 64.8 Å². The first kappa shape index (κ1) is 20.8. The number of unbranched alkanes of at least 4 members (excludes halogenated alkanes) is 2. The first-order chi connectivity index (χ1) is 13.4. The number of carbonyl (C=O) groups excluding carboxylic acids is 1. The van der Waals surface area contributed by atoms with E-state index in [0.29, 0.717) is 5.75 Å². The van der Waals surface area contributed by atoms with Gasteiger partial charge in [0.25, 0.3) is 0 Å². The van der Waals surface area contributed by atoms with Crippen LogP contribution >= 0.6 is 11.8 Å². The lowest BCUT2D eigenvalue weighted by Crippen LogP contribution is -2.27. The molecule has 1 aliphatic rings. The van der Waals surface area contributed by atoms with Gasteiger partial charge in [-0.05, 0) is 47.2 Å². The number of amides is 1. The van der Waals surface area contributed by atoms with Gasteiger partial charge in [-0.25, -0.2) is 0 Å². The summed E-state index contributed by atoms with van der Waals surface area (Å²) in [7, 11) is 0. The predicted octanol–water partition coefficient (Wildman–Crippen LogP) is 6.33. The molecule has 1 atom stereocenters. The molecule has 0 saturated carbocycles. The molecule has 0 aromatic heterocycles. The van der Waals surface area contributed by atoms with Gasteiger partial charge >= 0.3 is 0 Å². The van der Waals surface area contributed by atoms with Crippen molar-refractivity contribution in [3.05, 3.63) is 59.7 Å². The third-order valence-electron chi connectivity index (χ3n) is 5.06. The average molecular weight is 398 g/mol. The zero-order valence-corrected chi connectivity index (χ0v) is 18.2. The van der Waals surface area contributed by atoms with E-state index in [4.69, 9.17) is 4.74 Å². The number of hydrogen-bond acceptors (Lipinski definition) is 3. The minimum atomic E-state index is 0.0258. The van der Waals surface area contributed by atoms with Gasteiger partial charge in [-0.3, -0.25) is 9.69 Å². The average Bonchev–Trinajstić information content (AvgIpc) is 3.07. The Bertz CT molecular complexity index is 778. The van der Waals surface area contributed by atoms with Gasteiger partial charge in [0.1, 0.15) is 11.1 Å². The van der Waals surface area contributed by atoms with Crippen LogP contribution in [0.2, 0.25) is 0 Å². The van der Waals surface area contributed by atoms with Crippen molar-refractivity contribution in [1.29, 1.82) is 0 Å². The van der Waals surface area contributed by atoms with Crippen LogP contribution in [0.5, 0.6) is 5.75 Å². The lowest BCUT2D eigenvalue weighted by molar-refractivity contribution is -0.115. The maximum Gasteiger partial charge on any atom is 0.238 e. The van der Waals surface area contributed by atoms with Crippen LogP contribution in [0.4, 0.5) is 5.69 Å². The van der Waals surface area contributed by atoms with E-state index < -0.39 is 0 Å². The Morgan fingerprint density at radius 3 is 2.32 bits per heavy atom. The van der Waals surface area contributed by atoms with E-state index in [0.717, 1.165) is 24.5 Å². The molecule has 1 aliphatic heterocycles. The molecule has 0 radical (unpaired) electrons. The number of carbonyl (C=O) groups is 1. The maximum atomic E-state index is 12.6.